The molecule has 2 unspecified atom stereocenters. The van der Waals surface area contributed by atoms with Crippen LogP contribution < -0.4 is 0 Å². The molecule has 1 aliphatic carbocycles. The highest BCUT2D eigenvalue weighted by Gasteiger charge is 2.46. The van der Waals surface area contributed by atoms with Gasteiger partial charge in [0.25, 0.3) is 0 Å². The molecule has 0 aromatic heterocycles. The number of Topliss-reactive ketones (excluding diaryl/α,β-unsaturated/α-hetero) is 1. The average molecular weight is 245 g/mol. The third-order valence-electron chi connectivity index (χ3n) is 4.29. The molecule has 1 aliphatic heterocycles. The maximum absolute atomic E-state index is 12.3. The van der Waals surface area contributed by atoms with Gasteiger partial charge in [-0.05, 0) is 38.1 Å². The summed E-state index contributed by atoms with van der Waals surface area (Å²) >= 11 is 0. The zero-order valence-corrected chi connectivity index (χ0v) is 11.0. The zero-order chi connectivity index (χ0) is 12.8. The Hall–Kier alpha value is -1.19. The van der Waals surface area contributed by atoms with Gasteiger partial charge in [0.05, 0.1) is 12.6 Å². The second-order valence-electron chi connectivity index (χ2n) is 5.60. The highest BCUT2D eigenvalue weighted by atomic mass is 16.5. The standard InChI is InChI=1S/C15H19NO2/c1-16(2)13-7-8-15(9-14(13)17)12-6-4-3-5-11(12)10-18-15/h3-6,13H,7-10H2,1-2H3. The number of carbonyl (C=O) groups is 1. The largest absolute Gasteiger partial charge is 0.365 e. The quantitative estimate of drug-likeness (QED) is 0.759. The molecule has 1 spiro atoms. The fraction of sp³-hybridized carbons (Fsp3) is 0.533. The molecule has 2 aliphatic rings. The van der Waals surface area contributed by atoms with Crippen LogP contribution in [0.25, 0.3) is 0 Å². The first-order valence-corrected chi connectivity index (χ1v) is 6.54. The Kier molecular flexibility index (Phi) is 2.76. The van der Waals surface area contributed by atoms with Crippen molar-refractivity contribution in [3.05, 3.63) is 35.4 Å². The van der Waals surface area contributed by atoms with Crippen LogP contribution in [0, 0.1) is 0 Å². The molecule has 1 aromatic rings. The van der Waals surface area contributed by atoms with E-state index in [2.05, 4.69) is 12.1 Å². The van der Waals surface area contributed by atoms with E-state index >= 15 is 0 Å². The molecule has 1 fully saturated rings. The minimum absolute atomic E-state index is 0.0620. The predicted molar refractivity (Wildman–Crippen MR) is 69.2 cm³/mol. The Labute approximate surface area is 108 Å². The van der Waals surface area contributed by atoms with E-state index in [-0.39, 0.29) is 11.6 Å². The van der Waals surface area contributed by atoms with E-state index in [0.717, 1.165) is 12.8 Å². The van der Waals surface area contributed by atoms with Gasteiger partial charge in [-0.3, -0.25) is 9.69 Å². The summed E-state index contributed by atoms with van der Waals surface area (Å²) in [5.74, 6) is 0.308. The van der Waals surface area contributed by atoms with Crippen molar-refractivity contribution in [2.75, 3.05) is 14.1 Å². The second-order valence-corrected chi connectivity index (χ2v) is 5.60. The molecule has 18 heavy (non-hydrogen) atoms. The van der Waals surface area contributed by atoms with E-state index in [9.17, 15) is 4.79 Å². The van der Waals surface area contributed by atoms with Gasteiger partial charge in [-0.2, -0.15) is 0 Å². The van der Waals surface area contributed by atoms with Crippen molar-refractivity contribution in [1.82, 2.24) is 4.90 Å². The van der Waals surface area contributed by atoms with Gasteiger partial charge in [0.15, 0.2) is 5.78 Å². The van der Waals surface area contributed by atoms with E-state index in [1.807, 2.05) is 31.1 Å². The lowest BCUT2D eigenvalue weighted by Gasteiger charge is -2.38. The number of benzene rings is 1. The number of rotatable bonds is 1. The molecule has 3 nitrogen and oxygen atoms in total. The van der Waals surface area contributed by atoms with Crippen molar-refractivity contribution < 1.29 is 9.53 Å². The van der Waals surface area contributed by atoms with E-state index < -0.39 is 0 Å². The SMILES string of the molecule is CN(C)C1CCC2(CC1=O)OCc1ccccc12. The van der Waals surface area contributed by atoms with Crippen LogP contribution in [0.15, 0.2) is 24.3 Å². The fourth-order valence-electron chi connectivity index (χ4n) is 3.30. The van der Waals surface area contributed by atoms with Crippen LogP contribution in [-0.2, 0) is 21.7 Å². The van der Waals surface area contributed by atoms with Crippen LogP contribution in [0.4, 0.5) is 0 Å². The van der Waals surface area contributed by atoms with Crippen molar-refractivity contribution in [3.8, 4) is 0 Å². The van der Waals surface area contributed by atoms with E-state index in [1.54, 1.807) is 0 Å². The first-order chi connectivity index (χ1) is 8.62. The van der Waals surface area contributed by atoms with Crippen LogP contribution in [0.5, 0.6) is 0 Å². The Bertz CT molecular complexity index is 483. The van der Waals surface area contributed by atoms with Crippen molar-refractivity contribution in [2.45, 2.75) is 37.5 Å². The number of ketones is 1. The summed E-state index contributed by atoms with van der Waals surface area (Å²) in [5, 5.41) is 0. The lowest BCUT2D eigenvalue weighted by atomic mass is 9.76. The topological polar surface area (TPSA) is 29.5 Å². The van der Waals surface area contributed by atoms with E-state index in [4.69, 9.17) is 4.74 Å². The lowest BCUT2D eigenvalue weighted by molar-refractivity contribution is -0.139. The molecule has 0 radical (unpaired) electrons. The minimum atomic E-state index is -0.333. The first-order valence-electron chi connectivity index (χ1n) is 6.54. The second kappa shape index (κ2) is 4.18. The molecule has 1 aromatic carbocycles. The fourth-order valence-corrected chi connectivity index (χ4v) is 3.30. The molecule has 96 valence electrons. The summed E-state index contributed by atoms with van der Waals surface area (Å²) in [7, 11) is 3.95. The van der Waals surface area contributed by atoms with Gasteiger partial charge in [0.2, 0.25) is 0 Å². The normalized spacial score (nSPS) is 31.1. The number of fused-ring (bicyclic) bond motifs is 2. The molecule has 3 heteroatoms. The molecule has 0 saturated heterocycles. The number of hydrogen-bond acceptors (Lipinski definition) is 3. The van der Waals surface area contributed by atoms with Gasteiger partial charge in [-0.25, -0.2) is 0 Å². The van der Waals surface area contributed by atoms with Crippen LogP contribution in [0.2, 0.25) is 0 Å². The number of nitrogens with zero attached hydrogens (tertiary/aromatic N) is 1. The van der Waals surface area contributed by atoms with Crippen molar-refractivity contribution in [2.24, 2.45) is 0 Å². The molecule has 0 N–H and O–H groups in total. The van der Waals surface area contributed by atoms with Crippen LogP contribution >= 0.6 is 0 Å². The minimum Gasteiger partial charge on any atom is -0.365 e. The first kappa shape index (κ1) is 11.9. The average Bonchev–Trinajstić information content (AvgIpc) is 2.69. The molecule has 0 bridgehead atoms. The summed E-state index contributed by atoms with van der Waals surface area (Å²) in [6, 6.07) is 8.36. The number of carbonyl (C=O) groups excluding carboxylic acids is 1. The van der Waals surface area contributed by atoms with E-state index in [1.165, 1.54) is 11.1 Å². The monoisotopic (exact) mass is 245 g/mol. The molecular weight excluding hydrogens is 226 g/mol. The van der Waals surface area contributed by atoms with Gasteiger partial charge in [-0.15, -0.1) is 0 Å². The van der Waals surface area contributed by atoms with Crippen molar-refractivity contribution in [1.29, 1.82) is 0 Å². The number of ether oxygens (including phenoxy) is 1. The Balaban J connectivity index is 1.90. The maximum Gasteiger partial charge on any atom is 0.153 e. The van der Waals surface area contributed by atoms with Crippen LogP contribution in [0.3, 0.4) is 0 Å². The van der Waals surface area contributed by atoms with Crippen molar-refractivity contribution >= 4 is 5.78 Å². The van der Waals surface area contributed by atoms with Gasteiger partial charge in [-0.1, -0.05) is 24.3 Å². The van der Waals surface area contributed by atoms with Gasteiger partial charge in [0.1, 0.15) is 5.60 Å². The summed E-state index contributed by atoms with van der Waals surface area (Å²) in [6.07, 6.45) is 2.35. The van der Waals surface area contributed by atoms with Gasteiger partial charge < -0.3 is 4.74 Å². The Morgan fingerprint density at radius 2 is 2.11 bits per heavy atom. The summed E-state index contributed by atoms with van der Waals surface area (Å²) in [4.78, 5) is 14.3. The zero-order valence-electron chi connectivity index (χ0n) is 11.0. The summed E-state index contributed by atoms with van der Waals surface area (Å²) in [5.41, 5.74) is 2.14. The maximum atomic E-state index is 12.3. The van der Waals surface area contributed by atoms with E-state index in [0.29, 0.717) is 18.8 Å². The number of hydrogen-bond donors (Lipinski definition) is 0. The molecule has 1 heterocycles. The molecule has 1 saturated carbocycles. The van der Waals surface area contributed by atoms with Gasteiger partial charge >= 0.3 is 0 Å². The molecule has 2 atom stereocenters. The van der Waals surface area contributed by atoms with Gasteiger partial charge in [0, 0.05) is 6.42 Å². The summed E-state index contributed by atoms with van der Waals surface area (Å²) < 4.78 is 6.01. The van der Waals surface area contributed by atoms with Crippen molar-refractivity contribution in [3.63, 3.8) is 0 Å². The number of likely N-dealkylation sites (N-methyl/N-ethyl adjacent to an activating group) is 1. The Morgan fingerprint density at radius 1 is 1.33 bits per heavy atom. The molecular formula is C15H19NO2. The molecule has 3 rings (SSSR count). The Morgan fingerprint density at radius 3 is 2.83 bits per heavy atom. The highest BCUT2D eigenvalue weighted by Crippen LogP contribution is 2.46. The van der Waals surface area contributed by atoms with Crippen LogP contribution in [0.1, 0.15) is 30.4 Å². The summed E-state index contributed by atoms with van der Waals surface area (Å²) in [6.45, 7) is 0.649. The third kappa shape index (κ3) is 1.70. The van der Waals surface area contributed by atoms with Crippen LogP contribution in [-0.4, -0.2) is 30.8 Å². The predicted octanol–water partition coefficient (Wildman–Crippen LogP) is 2.10. The highest BCUT2D eigenvalue weighted by molar-refractivity contribution is 5.86. The third-order valence-corrected chi connectivity index (χ3v) is 4.29. The molecule has 0 amide bonds. The smallest absolute Gasteiger partial charge is 0.153 e. The lowest BCUT2D eigenvalue weighted by Crippen LogP contribution is -2.46.